The maximum Gasteiger partial charge on any atom is 0.425 e. The highest BCUT2D eigenvalue weighted by atomic mass is 32.2. The van der Waals surface area contributed by atoms with Crippen molar-refractivity contribution in [3.63, 3.8) is 0 Å². The van der Waals surface area contributed by atoms with Crippen LogP contribution in [0.3, 0.4) is 0 Å². The standard InChI is InChI=1S/C23H26N6O2S/c1-15-10-27(11-16(2)31-15)12-18-8-20-21(24-9-18)28(23(30)29-22(20)25-14-26-29)13-17-4-6-19(32-3)7-5-17/h4-9,14-16H,10-13H2,1-3H3/p+1/t15-,16+. The van der Waals surface area contributed by atoms with E-state index >= 15 is 0 Å². The lowest BCUT2D eigenvalue weighted by molar-refractivity contribution is -0.345. The molecule has 0 spiro atoms. The smallest absolute Gasteiger partial charge is 0.373 e. The van der Waals surface area contributed by atoms with Gasteiger partial charge in [-0.25, -0.2) is 14.8 Å². The summed E-state index contributed by atoms with van der Waals surface area (Å²) in [4.78, 5) is 24.6. The van der Waals surface area contributed by atoms with Crippen molar-refractivity contribution in [2.24, 2.45) is 0 Å². The molecule has 1 aliphatic heterocycles. The molecule has 0 radical (unpaired) electrons. The van der Waals surface area contributed by atoms with Crippen LogP contribution in [0, 0.1) is 0 Å². The van der Waals surface area contributed by atoms with E-state index in [1.807, 2.05) is 6.20 Å². The number of aromatic nitrogens is 5. The summed E-state index contributed by atoms with van der Waals surface area (Å²) in [7, 11) is 0. The maximum absolute atomic E-state index is 13.2. The van der Waals surface area contributed by atoms with Crippen LogP contribution in [0.4, 0.5) is 0 Å². The number of thioether (sulfide) groups is 1. The molecular formula is C23H27N6O2S+. The van der Waals surface area contributed by atoms with Gasteiger partial charge in [-0.15, -0.1) is 11.8 Å². The number of rotatable bonds is 5. The third-order valence-corrected chi connectivity index (χ3v) is 6.58. The second kappa shape index (κ2) is 8.65. The van der Waals surface area contributed by atoms with Crippen molar-refractivity contribution in [2.45, 2.75) is 44.0 Å². The second-order valence-electron chi connectivity index (χ2n) is 8.43. The molecule has 1 aliphatic rings. The molecular weight excluding hydrogens is 424 g/mol. The Labute approximate surface area is 190 Å². The van der Waals surface area contributed by atoms with Crippen molar-refractivity contribution in [2.75, 3.05) is 19.3 Å². The molecule has 4 aromatic rings. The average molecular weight is 452 g/mol. The number of benzene rings is 1. The number of morpholine rings is 1. The highest BCUT2D eigenvalue weighted by Crippen LogP contribution is 2.20. The van der Waals surface area contributed by atoms with E-state index in [9.17, 15) is 4.79 Å². The van der Waals surface area contributed by atoms with E-state index in [2.05, 4.69) is 65.4 Å². The van der Waals surface area contributed by atoms with Crippen molar-refractivity contribution in [1.29, 1.82) is 0 Å². The molecule has 0 saturated carbocycles. The van der Waals surface area contributed by atoms with E-state index < -0.39 is 0 Å². The summed E-state index contributed by atoms with van der Waals surface area (Å²) in [6.45, 7) is 7.22. The minimum absolute atomic E-state index is 0.209. The molecule has 3 aromatic heterocycles. The van der Waals surface area contributed by atoms with Crippen molar-refractivity contribution < 1.29 is 9.72 Å². The van der Waals surface area contributed by atoms with Crippen LogP contribution in [0.5, 0.6) is 0 Å². The number of hydrogen-bond donors (Lipinski definition) is 0. The first kappa shape index (κ1) is 21.1. The number of nitrogens with one attached hydrogen (secondary N) is 1. The fraction of sp³-hybridized carbons (Fsp3) is 0.391. The SMILES string of the molecule is CSc1ccc(Cn2c(=O)n3nc[nH+]c3c3cc(CN4C[C@@H](C)O[C@@H](C)C4)cnc32)cc1. The molecule has 1 saturated heterocycles. The van der Waals surface area contributed by atoms with Crippen LogP contribution in [0.1, 0.15) is 25.0 Å². The van der Waals surface area contributed by atoms with Gasteiger partial charge < -0.3 is 4.74 Å². The largest absolute Gasteiger partial charge is 0.425 e. The molecule has 1 aromatic carbocycles. The van der Waals surface area contributed by atoms with Crippen LogP contribution < -0.4 is 10.7 Å². The number of aromatic amines is 1. The predicted molar refractivity (Wildman–Crippen MR) is 124 cm³/mol. The minimum atomic E-state index is -0.209. The molecule has 8 nitrogen and oxygen atoms in total. The van der Waals surface area contributed by atoms with Crippen LogP contribution in [0.25, 0.3) is 16.7 Å². The Balaban J connectivity index is 1.55. The summed E-state index contributed by atoms with van der Waals surface area (Å²) in [5.41, 5.74) is 3.25. The van der Waals surface area contributed by atoms with E-state index in [-0.39, 0.29) is 17.9 Å². The van der Waals surface area contributed by atoms with E-state index in [4.69, 9.17) is 9.72 Å². The molecule has 1 fully saturated rings. The van der Waals surface area contributed by atoms with Crippen LogP contribution in [0.2, 0.25) is 0 Å². The Morgan fingerprint density at radius 1 is 1.12 bits per heavy atom. The Kier molecular flexibility index (Phi) is 5.71. The third-order valence-electron chi connectivity index (χ3n) is 5.83. The topological polar surface area (TPSA) is 78.8 Å². The highest BCUT2D eigenvalue weighted by molar-refractivity contribution is 7.98. The van der Waals surface area contributed by atoms with Gasteiger partial charge in [0.1, 0.15) is 0 Å². The first-order chi connectivity index (χ1) is 15.5. The zero-order valence-electron chi connectivity index (χ0n) is 18.5. The second-order valence-corrected chi connectivity index (χ2v) is 9.31. The Morgan fingerprint density at radius 3 is 2.59 bits per heavy atom. The van der Waals surface area contributed by atoms with E-state index in [1.165, 1.54) is 9.41 Å². The lowest BCUT2D eigenvalue weighted by Gasteiger charge is -2.35. The molecule has 9 heteroatoms. The van der Waals surface area contributed by atoms with Crippen molar-refractivity contribution >= 4 is 28.4 Å². The molecule has 32 heavy (non-hydrogen) atoms. The van der Waals surface area contributed by atoms with Gasteiger partial charge >= 0.3 is 5.69 Å². The number of fused-ring (bicyclic) bond motifs is 3. The van der Waals surface area contributed by atoms with Gasteiger partial charge in [-0.05, 0) is 53.9 Å². The first-order valence-electron chi connectivity index (χ1n) is 10.8. The van der Waals surface area contributed by atoms with Gasteiger partial charge in [0.15, 0.2) is 5.65 Å². The summed E-state index contributed by atoms with van der Waals surface area (Å²) in [5.74, 6) is 0. The molecule has 0 unspecified atom stereocenters. The monoisotopic (exact) mass is 451 g/mol. The van der Waals surface area contributed by atoms with Gasteiger partial charge in [-0.3, -0.25) is 9.47 Å². The summed E-state index contributed by atoms with van der Waals surface area (Å²) in [5, 5.41) is 5.12. The molecule has 0 bridgehead atoms. The summed E-state index contributed by atoms with van der Waals surface area (Å²) in [6, 6.07) is 10.4. The summed E-state index contributed by atoms with van der Waals surface area (Å²) < 4.78 is 8.97. The van der Waals surface area contributed by atoms with Gasteiger partial charge in [-0.2, -0.15) is 0 Å². The van der Waals surface area contributed by atoms with Crippen molar-refractivity contribution in [3.05, 3.63) is 64.5 Å². The Hall–Kier alpha value is -2.75. The van der Waals surface area contributed by atoms with Crippen LogP contribution >= 0.6 is 11.8 Å². The molecule has 5 rings (SSSR count). The number of H-pyrrole nitrogens is 1. The Bertz CT molecular complexity index is 1310. The van der Waals surface area contributed by atoms with Gasteiger partial charge in [0.05, 0.1) is 24.1 Å². The quantitative estimate of drug-likeness (QED) is 0.433. The van der Waals surface area contributed by atoms with Gasteiger partial charge in [0, 0.05) is 35.8 Å². The first-order valence-corrected chi connectivity index (χ1v) is 12.0. The van der Waals surface area contributed by atoms with E-state index in [0.29, 0.717) is 17.8 Å². The van der Waals surface area contributed by atoms with Gasteiger partial charge in [0.2, 0.25) is 0 Å². The lowest BCUT2D eigenvalue weighted by atomic mass is 10.1. The summed E-state index contributed by atoms with van der Waals surface area (Å²) >= 11 is 1.70. The fourth-order valence-electron chi connectivity index (χ4n) is 4.51. The van der Waals surface area contributed by atoms with Gasteiger partial charge in [0.25, 0.3) is 12.0 Å². The molecule has 2 atom stereocenters. The molecule has 4 heterocycles. The molecule has 0 amide bonds. The zero-order valence-corrected chi connectivity index (χ0v) is 19.3. The number of ether oxygens (including phenoxy) is 1. The van der Waals surface area contributed by atoms with Crippen LogP contribution in [-0.4, -0.2) is 55.6 Å². The predicted octanol–water partition coefficient (Wildman–Crippen LogP) is 2.24. The molecule has 166 valence electrons. The van der Waals surface area contributed by atoms with Crippen LogP contribution in [0.15, 0.2) is 52.5 Å². The summed E-state index contributed by atoms with van der Waals surface area (Å²) in [6.07, 6.45) is 5.90. The van der Waals surface area contributed by atoms with Crippen LogP contribution in [-0.2, 0) is 17.8 Å². The third kappa shape index (κ3) is 4.03. The number of nitrogens with zero attached hydrogens (tertiary/aromatic N) is 5. The highest BCUT2D eigenvalue weighted by Gasteiger charge is 2.24. The van der Waals surface area contributed by atoms with Crippen molar-refractivity contribution in [1.82, 2.24) is 24.1 Å². The lowest BCUT2D eigenvalue weighted by Crippen LogP contribution is -2.44. The average Bonchev–Trinajstić information content (AvgIpc) is 3.27. The zero-order chi connectivity index (χ0) is 22.2. The van der Waals surface area contributed by atoms with E-state index in [1.54, 1.807) is 22.7 Å². The van der Waals surface area contributed by atoms with Gasteiger partial charge in [-0.1, -0.05) is 12.1 Å². The maximum atomic E-state index is 13.2. The number of pyridine rings is 1. The molecule has 0 aliphatic carbocycles. The van der Waals surface area contributed by atoms with Crippen molar-refractivity contribution in [3.8, 4) is 0 Å². The fourth-order valence-corrected chi connectivity index (χ4v) is 4.92. The normalized spacial score (nSPS) is 19.7. The van der Waals surface area contributed by atoms with E-state index in [0.717, 1.165) is 36.1 Å². The Morgan fingerprint density at radius 2 is 1.88 bits per heavy atom. The minimum Gasteiger partial charge on any atom is -0.373 e. The molecule has 1 N–H and O–H groups in total. The number of hydrogen-bond acceptors (Lipinski definition) is 6.